The van der Waals surface area contributed by atoms with Gasteiger partial charge in [0.1, 0.15) is 0 Å². The average Bonchev–Trinajstić information content (AvgIpc) is 3.05. The van der Waals surface area contributed by atoms with Crippen molar-refractivity contribution in [2.45, 2.75) is 13.8 Å². The number of hydrogen-bond acceptors (Lipinski definition) is 4. The highest BCUT2D eigenvalue weighted by Gasteiger charge is 2.12. The highest BCUT2D eigenvalue weighted by Crippen LogP contribution is 2.32. The number of aryl methyl sites for hydroxylation is 1. The van der Waals surface area contributed by atoms with Gasteiger partial charge in [0.05, 0.1) is 13.7 Å². The van der Waals surface area contributed by atoms with Crippen molar-refractivity contribution >= 4 is 0 Å². The standard InChI is InChI=1S/C18H19N3O2/c1-4-23-16-11-13(9-10-15(16)22-3)17-19-18(21-20-17)14-8-6-5-7-12(14)2/h5-11H,4H2,1-3H3,(H,19,20,21). The van der Waals surface area contributed by atoms with Crippen LogP contribution in [-0.2, 0) is 0 Å². The summed E-state index contributed by atoms with van der Waals surface area (Å²) in [7, 11) is 1.63. The third-order valence-electron chi connectivity index (χ3n) is 3.61. The summed E-state index contributed by atoms with van der Waals surface area (Å²) >= 11 is 0. The summed E-state index contributed by atoms with van der Waals surface area (Å²) in [5.41, 5.74) is 3.08. The van der Waals surface area contributed by atoms with E-state index in [9.17, 15) is 0 Å². The molecule has 118 valence electrons. The Balaban J connectivity index is 1.97. The molecular weight excluding hydrogens is 290 g/mol. The van der Waals surface area contributed by atoms with Gasteiger partial charge in [-0.2, -0.15) is 5.10 Å². The SMILES string of the molecule is CCOc1cc(-c2n[nH]c(-c3ccccc3C)n2)ccc1OC. The predicted molar refractivity (Wildman–Crippen MR) is 89.7 cm³/mol. The third-order valence-corrected chi connectivity index (χ3v) is 3.61. The van der Waals surface area contributed by atoms with Gasteiger partial charge in [0.2, 0.25) is 0 Å². The van der Waals surface area contributed by atoms with Gasteiger partial charge in [-0.25, -0.2) is 4.98 Å². The number of aromatic amines is 1. The maximum absolute atomic E-state index is 5.61. The molecule has 5 heteroatoms. The lowest BCUT2D eigenvalue weighted by Gasteiger charge is -2.09. The molecule has 0 aliphatic rings. The number of nitrogens with one attached hydrogen (secondary N) is 1. The Bertz CT molecular complexity index is 812. The molecule has 0 saturated heterocycles. The maximum Gasteiger partial charge on any atom is 0.181 e. The lowest BCUT2D eigenvalue weighted by molar-refractivity contribution is 0.311. The summed E-state index contributed by atoms with van der Waals surface area (Å²) in [4.78, 5) is 4.61. The number of benzene rings is 2. The minimum Gasteiger partial charge on any atom is -0.493 e. The molecule has 3 aromatic rings. The highest BCUT2D eigenvalue weighted by atomic mass is 16.5. The zero-order valence-electron chi connectivity index (χ0n) is 13.5. The van der Waals surface area contributed by atoms with Gasteiger partial charge < -0.3 is 9.47 Å². The van der Waals surface area contributed by atoms with E-state index < -0.39 is 0 Å². The smallest absolute Gasteiger partial charge is 0.181 e. The van der Waals surface area contributed by atoms with E-state index in [1.165, 1.54) is 0 Å². The van der Waals surface area contributed by atoms with E-state index in [2.05, 4.69) is 28.2 Å². The van der Waals surface area contributed by atoms with Gasteiger partial charge in [0.25, 0.3) is 0 Å². The molecule has 0 unspecified atom stereocenters. The molecule has 1 N–H and O–H groups in total. The molecular formula is C18H19N3O2. The van der Waals surface area contributed by atoms with Crippen LogP contribution in [0.3, 0.4) is 0 Å². The largest absolute Gasteiger partial charge is 0.493 e. The average molecular weight is 309 g/mol. The first-order chi connectivity index (χ1) is 11.2. The van der Waals surface area contributed by atoms with Gasteiger partial charge in [-0.3, -0.25) is 5.10 Å². The van der Waals surface area contributed by atoms with E-state index in [4.69, 9.17) is 9.47 Å². The summed E-state index contributed by atoms with van der Waals surface area (Å²) in [5, 5.41) is 7.34. The summed E-state index contributed by atoms with van der Waals surface area (Å²) in [6.07, 6.45) is 0. The Morgan fingerprint density at radius 1 is 1.09 bits per heavy atom. The van der Waals surface area contributed by atoms with E-state index in [0.29, 0.717) is 23.9 Å². The van der Waals surface area contributed by atoms with Crippen LogP contribution in [0.2, 0.25) is 0 Å². The molecule has 5 nitrogen and oxygen atoms in total. The normalized spacial score (nSPS) is 10.6. The number of H-pyrrole nitrogens is 1. The van der Waals surface area contributed by atoms with Gasteiger partial charge in [-0.05, 0) is 37.6 Å². The van der Waals surface area contributed by atoms with Crippen molar-refractivity contribution in [1.29, 1.82) is 0 Å². The zero-order valence-corrected chi connectivity index (χ0v) is 13.5. The first-order valence-electron chi connectivity index (χ1n) is 7.52. The van der Waals surface area contributed by atoms with E-state index >= 15 is 0 Å². The summed E-state index contributed by atoms with van der Waals surface area (Å²) in [6, 6.07) is 13.8. The van der Waals surface area contributed by atoms with Crippen molar-refractivity contribution in [1.82, 2.24) is 15.2 Å². The minimum atomic E-state index is 0.572. The van der Waals surface area contributed by atoms with E-state index in [-0.39, 0.29) is 0 Å². The van der Waals surface area contributed by atoms with E-state index in [1.807, 2.05) is 43.3 Å². The van der Waals surface area contributed by atoms with E-state index in [1.54, 1.807) is 7.11 Å². The van der Waals surface area contributed by atoms with Crippen LogP contribution >= 0.6 is 0 Å². The Labute approximate surface area is 135 Å². The quantitative estimate of drug-likeness (QED) is 0.777. The number of ether oxygens (including phenoxy) is 2. The van der Waals surface area contributed by atoms with Gasteiger partial charge in [0, 0.05) is 11.1 Å². The number of rotatable bonds is 5. The number of aromatic nitrogens is 3. The molecule has 0 atom stereocenters. The van der Waals surface area contributed by atoms with Gasteiger partial charge in [-0.15, -0.1) is 0 Å². The van der Waals surface area contributed by atoms with Crippen molar-refractivity contribution in [2.75, 3.05) is 13.7 Å². The molecule has 0 fully saturated rings. The molecule has 0 aliphatic heterocycles. The van der Waals surface area contributed by atoms with Crippen molar-refractivity contribution in [2.24, 2.45) is 0 Å². The van der Waals surface area contributed by atoms with E-state index in [0.717, 1.165) is 22.5 Å². The highest BCUT2D eigenvalue weighted by molar-refractivity contribution is 5.65. The number of hydrogen-bond donors (Lipinski definition) is 1. The molecule has 1 heterocycles. The Morgan fingerprint density at radius 3 is 2.65 bits per heavy atom. The molecule has 23 heavy (non-hydrogen) atoms. The Hall–Kier alpha value is -2.82. The molecule has 0 aliphatic carbocycles. The summed E-state index contributed by atoms with van der Waals surface area (Å²) < 4.78 is 10.9. The molecule has 3 rings (SSSR count). The fraction of sp³-hybridized carbons (Fsp3) is 0.222. The second kappa shape index (κ2) is 6.52. The van der Waals surface area contributed by atoms with Crippen LogP contribution in [0.1, 0.15) is 12.5 Å². The molecule has 0 amide bonds. The van der Waals surface area contributed by atoms with Crippen molar-refractivity contribution in [3.63, 3.8) is 0 Å². The topological polar surface area (TPSA) is 60.0 Å². The lowest BCUT2D eigenvalue weighted by Crippen LogP contribution is -1.96. The molecule has 2 aromatic carbocycles. The number of nitrogens with zero attached hydrogens (tertiary/aromatic N) is 2. The molecule has 0 radical (unpaired) electrons. The van der Waals surface area contributed by atoms with Crippen molar-refractivity contribution in [3.8, 4) is 34.3 Å². The second-order valence-electron chi connectivity index (χ2n) is 5.12. The number of methoxy groups -OCH3 is 1. The fourth-order valence-electron chi connectivity index (χ4n) is 2.43. The first-order valence-corrected chi connectivity index (χ1v) is 7.52. The maximum atomic E-state index is 5.61. The minimum absolute atomic E-state index is 0.572. The van der Waals surface area contributed by atoms with Gasteiger partial charge in [0.15, 0.2) is 23.1 Å². The third kappa shape index (κ3) is 3.04. The first kappa shape index (κ1) is 15.1. The van der Waals surface area contributed by atoms with Crippen LogP contribution in [0, 0.1) is 6.92 Å². The van der Waals surface area contributed by atoms with Crippen LogP contribution in [0.5, 0.6) is 11.5 Å². The molecule has 1 aromatic heterocycles. The predicted octanol–water partition coefficient (Wildman–Crippen LogP) is 3.85. The van der Waals surface area contributed by atoms with Gasteiger partial charge in [-0.1, -0.05) is 24.3 Å². The molecule has 0 bridgehead atoms. The zero-order chi connectivity index (χ0) is 16.2. The van der Waals surface area contributed by atoms with Crippen LogP contribution in [0.25, 0.3) is 22.8 Å². The lowest BCUT2D eigenvalue weighted by atomic mass is 10.1. The summed E-state index contributed by atoms with van der Waals surface area (Å²) in [6.45, 7) is 4.57. The second-order valence-corrected chi connectivity index (χ2v) is 5.12. The Kier molecular flexibility index (Phi) is 4.28. The molecule has 0 saturated carbocycles. The Morgan fingerprint density at radius 2 is 1.91 bits per heavy atom. The van der Waals surface area contributed by atoms with Crippen LogP contribution in [-0.4, -0.2) is 28.9 Å². The van der Waals surface area contributed by atoms with Crippen molar-refractivity contribution in [3.05, 3.63) is 48.0 Å². The molecule has 0 spiro atoms. The van der Waals surface area contributed by atoms with Crippen LogP contribution in [0.4, 0.5) is 0 Å². The summed E-state index contributed by atoms with van der Waals surface area (Å²) in [5.74, 6) is 2.78. The monoisotopic (exact) mass is 309 g/mol. The van der Waals surface area contributed by atoms with Crippen LogP contribution in [0.15, 0.2) is 42.5 Å². The van der Waals surface area contributed by atoms with Crippen LogP contribution < -0.4 is 9.47 Å². The van der Waals surface area contributed by atoms with Gasteiger partial charge >= 0.3 is 0 Å². The fourth-order valence-corrected chi connectivity index (χ4v) is 2.43. The van der Waals surface area contributed by atoms with Crippen molar-refractivity contribution < 1.29 is 9.47 Å².